The Labute approximate surface area is 180 Å². The minimum Gasteiger partial charge on any atom is -0.458 e. The first-order valence-corrected chi connectivity index (χ1v) is 10.5. The fourth-order valence-electron chi connectivity index (χ4n) is 3.62. The fourth-order valence-corrected chi connectivity index (χ4v) is 3.62. The van der Waals surface area contributed by atoms with Gasteiger partial charge in [-0.05, 0) is 61.8 Å². The second-order valence-electron chi connectivity index (χ2n) is 9.52. The lowest BCUT2D eigenvalue weighted by Gasteiger charge is -2.37. The molecule has 0 bridgehead atoms. The van der Waals surface area contributed by atoms with Crippen molar-refractivity contribution >= 4 is 12.1 Å². The van der Waals surface area contributed by atoms with Crippen LogP contribution in [0.15, 0.2) is 12.2 Å². The van der Waals surface area contributed by atoms with Gasteiger partial charge in [0.1, 0.15) is 29.5 Å². The summed E-state index contributed by atoms with van der Waals surface area (Å²) in [6.45, 7) is 13.9. The first-order valence-electron chi connectivity index (χ1n) is 10.5. The standard InChI is InChI=1S/C22H39NO7/c1-9-11-14-12-15(19(26)29-21(3,4)5)23(20(27)30-22(6,7)8)17(14)18(25)16(13-24)28-10-2/h9,11,14-18,24-25H,10,12-13H2,1-8H3/b11-9-/t14-,15-,16?,17-,18?/m1/s1. The van der Waals surface area contributed by atoms with Gasteiger partial charge < -0.3 is 24.4 Å². The monoisotopic (exact) mass is 429 g/mol. The first-order chi connectivity index (χ1) is 13.8. The van der Waals surface area contributed by atoms with Crippen LogP contribution in [0.2, 0.25) is 0 Å². The molecule has 2 N–H and O–H groups in total. The molecule has 0 radical (unpaired) electrons. The largest absolute Gasteiger partial charge is 0.458 e. The van der Waals surface area contributed by atoms with Crippen molar-refractivity contribution in [3.05, 3.63) is 12.2 Å². The molecule has 1 heterocycles. The number of hydrogen-bond acceptors (Lipinski definition) is 7. The number of amides is 1. The molecule has 1 aliphatic heterocycles. The molecule has 1 fully saturated rings. The van der Waals surface area contributed by atoms with E-state index < -0.39 is 54.2 Å². The van der Waals surface area contributed by atoms with E-state index in [2.05, 4.69) is 0 Å². The molecule has 8 nitrogen and oxygen atoms in total. The Hall–Kier alpha value is -1.64. The van der Waals surface area contributed by atoms with Crippen molar-refractivity contribution in [1.82, 2.24) is 4.90 Å². The van der Waals surface area contributed by atoms with Gasteiger partial charge in [-0.3, -0.25) is 4.90 Å². The number of rotatable bonds is 7. The second-order valence-corrected chi connectivity index (χ2v) is 9.52. The van der Waals surface area contributed by atoms with Gasteiger partial charge in [0, 0.05) is 12.5 Å². The Morgan fingerprint density at radius 2 is 1.70 bits per heavy atom. The molecule has 0 aromatic carbocycles. The summed E-state index contributed by atoms with van der Waals surface area (Å²) >= 11 is 0. The van der Waals surface area contributed by atoms with E-state index in [1.165, 1.54) is 4.90 Å². The number of likely N-dealkylation sites (tertiary alicyclic amines) is 1. The maximum atomic E-state index is 13.1. The van der Waals surface area contributed by atoms with Crippen molar-refractivity contribution in [1.29, 1.82) is 0 Å². The smallest absolute Gasteiger partial charge is 0.411 e. The highest BCUT2D eigenvalue weighted by atomic mass is 16.6. The summed E-state index contributed by atoms with van der Waals surface area (Å²) in [5, 5.41) is 20.8. The lowest BCUT2D eigenvalue weighted by molar-refractivity contribution is -0.161. The predicted octanol–water partition coefficient (Wildman–Crippen LogP) is 2.66. The molecule has 0 spiro atoms. The van der Waals surface area contributed by atoms with Crippen molar-refractivity contribution in [3.63, 3.8) is 0 Å². The number of ether oxygens (including phenoxy) is 3. The van der Waals surface area contributed by atoms with Gasteiger partial charge in [-0.25, -0.2) is 9.59 Å². The molecular formula is C22H39NO7. The fraction of sp³-hybridized carbons (Fsp3) is 0.818. The summed E-state index contributed by atoms with van der Waals surface area (Å²) in [6.07, 6.45) is 1.07. The first kappa shape index (κ1) is 26.4. The van der Waals surface area contributed by atoms with Gasteiger partial charge in [0.2, 0.25) is 0 Å². The molecule has 1 rings (SSSR count). The van der Waals surface area contributed by atoms with Crippen LogP contribution in [0.3, 0.4) is 0 Å². The summed E-state index contributed by atoms with van der Waals surface area (Å²) < 4.78 is 16.6. The molecular weight excluding hydrogens is 390 g/mol. The van der Waals surface area contributed by atoms with Gasteiger partial charge in [-0.1, -0.05) is 12.2 Å². The predicted molar refractivity (Wildman–Crippen MR) is 113 cm³/mol. The summed E-state index contributed by atoms with van der Waals surface area (Å²) in [5.41, 5.74) is -1.53. The molecule has 1 aliphatic rings. The van der Waals surface area contributed by atoms with E-state index in [0.29, 0.717) is 0 Å². The van der Waals surface area contributed by atoms with Crippen molar-refractivity contribution in [2.75, 3.05) is 13.2 Å². The number of allylic oxidation sites excluding steroid dienone is 1. The third-order valence-electron chi connectivity index (χ3n) is 4.61. The van der Waals surface area contributed by atoms with E-state index in [4.69, 9.17) is 14.2 Å². The topological polar surface area (TPSA) is 106 Å². The Balaban J connectivity index is 3.41. The highest BCUT2D eigenvalue weighted by molar-refractivity contribution is 5.83. The molecule has 0 aliphatic carbocycles. The normalized spacial score (nSPS) is 24.7. The van der Waals surface area contributed by atoms with Crippen molar-refractivity contribution in [2.24, 2.45) is 5.92 Å². The molecule has 2 unspecified atom stereocenters. The SMILES string of the molecule is C/C=C\[C@@H]1C[C@H](C(=O)OC(C)(C)C)N(C(=O)OC(C)(C)C)[C@H]1C(O)C(CO)OCC. The molecule has 30 heavy (non-hydrogen) atoms. The highest BCUT2D eigenvalue weighted by Gasteiger charge is 2.52. The van der Waals surface area contributed by atoms with Gasteiger partial charge in [0.15, 0.2) is 0 Å². The Bertz CT molecular complexity index is 606. The summed E-state index contributed by atoms with van der Waals surface area (Å²) in [6, 6.07) is -1.75. The molecule has 0 saturated carbocycles. The summed E-state index contributed by atoms with van der Waals surface area (Å²) in [4.78, 5) is 27.4. The number of esters is 1. The van der Waals surface area contributed by atoms with Crippen molar-refractivity contribution in [3.8, 4) is 0 Å². The summed E-state index contributed by atoms with van der Waals surface area (Å²) in [5.74, 6) is -0.904. The number of hydrogen-bond donors (Lipinski definition) is 2. The number of nitrogens with zero attached hydrogens (tertiary/aromatic N) is 1. The van der Waals surface area contributed by atoms with Gasteiger partial charge >= 0.3 is 12.1 Å². The minimum absolute atomic E-state index is 0.268. The van der Waals surface area contributed by atoms with Gasteiger partial charge in [-0.2, -0.15) is 0 Å². The van der Waals surface area contributed by atoms with E-state index in [0.717, 1.165) is 0 Å². The Kier molecular flexibility index (Phi) is 9.32. The molecule has 0 aromatic rings. The summed E-state index contributed by atoms with van der Waals surface area (Å²) in [7, 11) is 0. The van der Waals surface area contributed by atoms with E-state index in [1.807, 2.05) is 19.1 Å². The van der Waals surface area contributed by atoms with Crippen LogP contribution in [0.25, 0.3) is 0 Å². The average Bonchev–Trinajstić information content (AvgIpc) is 2.96. The average molecular weight is 430 g/mol. The maximum Gasteiger partial charge on any atom is 0.411 e. The molecule has 5 atom stereocenters. The van der Waals surface area contributed by atoms with Crippen LogP contribution in [0.5, 0.6) is 0 Å². The Morgan fingerprint density at radius 3 is 2.13 bits per heavy atom. The molecule has 8 heteroatoms. The van der Waals surface area contributed by atoms with Gasteiger partial charge in [0.05, 0.1) is 12.6 Å². The molecule has 1 amide bonds. The lowest BCUT2D eigenvalue weighted by atomic mass is 9.92. The highest BCUT2D eigenvalue weighted by Crippen LogP contribution is 2.37. The van der Waals surface area contributed by atoms with Gasteiger partial charge in [-0.15, -0.1) is 0 Å². The van der Waals surface area contributed by atoms with Crippen LogP contribution < -0.4 is 0 Å². The zero-order valence-electron chi connectivity index (χ0n) is 19.5. The van der Waals surface area contributed by atoms with Crippen molar-refractivity contribution in [2.45, 2.75) is 97.3 Å². The van der Waals surface area contributed by atoms with Crippen LogP contribution in [-0.2, 0) is 19.0 Å². The number of carbonyl (C=O) groups is 2. The quantitative estimate of drug-likeness (QED) is 0.473. The van der Waals surface area contributed by atoms with Crippen LogP contribution in [0.1, 0.15) is 61.8 Å². The van der Waals surface area contributed by atoms with Crippen LogP contribution in [0, 0.1) is 5.92 Å². The van der Waals surface area contributed by atoms with E-state index >= 15 is 0 Å². The third-order valence-corrected chi connectivity index (χ3v) is 4.61. The van der Waals surface area contributed by atoms with Crippen LogP contribution in [-0.4, -0.2) is 75.9 Å². The van der Waals surface area contributed by atoms with E-state index in [1.54, 1.807) is 48.5 Å². The minimum atomic E-state index is -1.23. The van der Waals surface area contributed by atoms with Crippen LogP contribution >= 0.6 is 0 Å². The Morgan fingerprint density at radius 1 is 1.13 bits per heavy atom. The zero-order valence-corrected chi connectivity index (χ0v) is 19.5. The molecule has 1 saturated heterocycles. The van der Waals surface area contributed by atoms with E-state index in [-0.39, 0.29) is 18.9 Å². The number of carbonyl (C=O) groups excluding carboxylic acids is 2. The molecule has 174 valence electrons. The van der Waals surface area contributed by atoms with Gasteiger partial charge in [0.25, 0.3) is 0 Å². The molecule has 0 aromatic heterocycles. The second kappa shape index (κ2) is 10.6. The maximum absolute atomic E-state index is 13.1. The van der Waals surface area contributed by atoms with Crippen LogP contribution in [0.4, 0.5) is 4.79 Å². The lowest BCUT2D eigenvalue weighted by Crippen LogP contribution is -2.56. The number of aliphatic hydroxyl groups excluding tert-OH is 2. The number of aliphatic hydroxyl groups is 2. The van der Waals surface area contributed by atoms with Crippen molar-refractivity contribution < 1.29 is 34.0 Å². The van der Waals surface area contributed by atoms with E-state index in [9.17, 15) is 19.8 Å². The zero-order chi connectivity index (χ0) is 23.3. The third kappa shape index (κ3) is 7.25.